The minimum Gasteiger partial charge on any atom is -0.443 e. The van der Waals surface area contributed by atoms with E-state index in [1.165, 1.54) is 55.4 Å². The number of hydrogen-bond donors (Lipinski definition) is 0. The molecule has 2 aromatic rings. The number of aliphatic imine (C=N–C) groups is 1. The number of amides is 1. The number of aldehydes is 1. The molecule has 200 valence electrons. The second-order valence-electron chi connectivity index (χ2n) is 8.67. The zero-order valence-corrected chi connectivity index (χ0v) is 23.1. The van der Waals surface area contributed by atoms with E-state index in [1.807, 2.05) is 6.92 Å². The first-order chi connectivity index (χ1) is 17.4. The van der Waals surface area contributed by atoms with E-state index in [4.69, 9.17) is 21.1 Å². The van der Waals surface area contributed by atoms with Crippen molar-refractivity contribution in [2.24, 2.45) is 4.99 Å². The fourth-order valence-corrected chi connectivity index (χ4v) is 4.57. The van der Waals surface area contributed by atoms with Crippen LogP contribution < -0.4 is 0 Å². The van der Waals surface area contributed by atoms with E-state index in [0.717, 1.165) is 6.29 Å². The second-order valence-corrected chi connectivity index (χ2v) is 11.0. The van der Waals surface area contributed by atoms with Crippen molar-refractivity contribution in [3.63, 3.8) is 0 Å². The van der Waals surface area contributed by atoms with Gasteiger partial charge < -0.3 is 9.53 Å². The van der Waals surface area contributed by atoms with Gasteiger partial charge in [0.15, 0.2) is 23.3 Å². The maximum Gasteiger partial charge on any atom is 0.428 e. The summed E-state index contributed by atoms with van der Waals surface area (Å²) in [5.74, 6) is -1.23. The lowest BCUT2D eigenvalue weighted by molar-refractivity contribution is -0.106. The molecule has 0 N–H and O–H groups in total. The van der Waals surface area contributed by atoms with Gasteiger partial charge in [0.1, 0.15) is 28.6 Å². The third-order valence-corrected chi connectivity index (χ3v) is 6.33. The first-order valence-corrected chi connectivity index (χ1v) is 12.9. The predicted molar refractivity (Wildman–Crippen MR) is 143 cm³/mol. The molecule has 7 nitrogen and oxygen atoms in total. The normalized spacial score (nSPS) is 17.8. The summed E-state index contributed by atoms with van der Waals surface area (Å²) in [5, 5.41) is 0.0909. The molecule has 1 aliphatic heterocycles. The maximum atomic E-state index is 14.8. The van der Waals surface area contributed by atoms with E-state index in [1.54, 1.807) is 20.8 Å². The summed E-state index contributed by atoms with van der Waals surface area (Å²) in [6, 6.07) is 3.37. The van der Waals surface area contributed by atoms with E-state index in [-0.39, 0.29) is 39.2 Å². The molecule has 13 heteroatoms. The number of amidine groups is 1. The quantitative estimate of drug-likeness (QED) is 0.274. The molecular formula is C24H26ClF3N4O3S2. The number of benzene rings is 1. The van der Waals surface area contributed by atoms with Crippen molar-refractivity contribution in [3.05, 3.63) is 58.4 Å². The summed E-state index contributed by atoms with van der Waals surface area (Å²) in [5.41, 5.74) is -0.286. The second kappa shape index (κ2) is 13.8. The summed E-state index contributed by atoms with van der Waals surface area (Å²) in [6.45, 7) is 8.30. The van der Waals surface area contributed by atoms with Crippen LogP contribution in [-0.4, -0.2) is 42.7 Å². The van der Waals surface area contributed by atoms with Crippen LogP contribution in [0.15, 0.2) is 35.6 Å². The van der Waals surface area contributed by atoms with Crippen LogP contribution in [0.5, 0.6) is 0 Å². The van der Waals surface area contributed by atoms with Gasteiger partial charge in [-0.05, 0) is 57.9 Å². The Morgan fingerprint density at radius 3 is 2.54 bits per heavy atom. The molecule has 0 bridgehead atoms. The number of rotatable bonds is 4. The van der Waals surface area contributed by atoms with Crippen LogP contribution >= 0.6 is 35.7 Å². The van der Waals surface area contributed by atoms with Gasteiger partial charge in [-0.25, -0.2) is 23.5 Å². The van der Waals surface area contributed by atoms with Crippen LogP contribution in [0.4, 0.5) is 17.5 Å². The molecule has 0 fully saturated rings. The van der Waals surface area contributed by atoms with Crippen molar-refractivity contribution in [1.29, 1.82) is 0 Å². The van der Waals surface area contributed by atoms with E-state index >= 15 is 0 Å². The fourth-order valence-electron chi connectivity index (χ4n) is 3.06. The van der Waals surface area contributed by atoms with Gasteiger partial charge >= 0.3 is 6.09 Å². The van der Waals surface area contributed by atoms with Crippen molar-refractivity contribution in [1.82, 2.24) is 14.3 Å². The van der Waals surface area contributed by atoms with Crippen LogP contribution in [0.25, 0.3) is 11.9 Å². The van der Waals surface area contributed by atoms with Gasteiger partial charge in [0.2, 0.25) is 0 Å². The number of ether oxygens (including phenoxy) is 1. The predicted octanol–water partition coefficient (Wildman–Crippen LogP) is 7.63. The lowest BCUT2D eigenvalue weighted by Crippen LogP contribution is -2.36. The lowest BCUT2D eigenvalue weighted by Gasteiger charge is -2.30. The summed E-state index contributed by atoms with van der Waals surface area (Å²) >= 11 is 6.54. The zero-order valence-electron chi connectivity index (χ0n) is 20.7. The number of carbonyl (C=O) groups is 2. The van der Waals surface area contributed by atoms with E-state index < -0.39 is 29.4 Å². The number of aromatic nitrogens is 2. The largest absolute Gasteiger partial charge is 0.443 e. The highest BCUT2D eigenvalue weighted by molar-refractivity contribution is 8.15. The Hall–Kier alpha value is -2.57. The van der Waals surface area contributed by atoms with E-state index in [2.05, 4.69) is 15.0 Å². The lowest BCUT2D eigenvalue weighted by atomic mass is 9.99. The fraction of sp³-hybridized carbons (Fsp3) is 0.375. The van der Waals surface area contributed by atoms with E-state index in [9.17, 15) is 17.5 Å². The van der Waals surface area contributed by atoms with Crippen LogP contribution in [0, 0.1) is 5.82 Å². The third kappa shape index (κ3) is 9.35. The van der Waals surface area contributed by atoms with Crippen LogP contribution in [0.1, 0.15) is 63.9 Å². The zero-order chi connectivity index (χ0) is 27.8. The van der Waals surface area contributed by atoms with Crippen molar-refractivity contribution in [2.45, 2.75) is 57.9 Å². The molecule has 0 saturated carbocycles. The molecule has 0 saturated heterocycles. The molecule has 0 radical (unpaired) electrons. The molecular weight excluding hydrogens is 549 g/mol. The first-order valence-electron chi connectivity index (χ1n) is 11.0. The monoisotopic (exact) mass is 574 g/mol. The number of thioether (sulfide) groups is 1. The van der Waals surface area contributed by atoms with Gasteiger partial charge in [0.05, 0.1) is 18.4 Å². The maximum absolute atomic E-state index is 14.8. The Bertz CT molecular complexity index is 1160. The molecule has 2 heterocycles. The van der Waals surface area contributed by atoms with Crippen LogP contribution in [-0.2, 0) is 9.53 Å². The number of nitrogens with zero attached hydrogens (tertiary/aromatic N) is 4. The van der Waals surface area contributed by atoms with Gasteiger partial charge in [0, 0.05) is 10.8 Å². The summed E-state index contributed by atoms with van der Waals surface area (Å²) in [4.78, 5) is 33.3. The molecule has 0 aliphatic carbocycles. The Kier molecular flexibility index (Phi) is 11.5. The minimum atomic E-state index is -0.914. The molecule has 1 amide bonds. The molecule has 3 rings (SSSR count). The molecule has 1 aromatic carbocycles. The SMILES string of the molecule is CC1CC(c2cc(/C=C(\F)c3cnc(Cl)cn3)ccc2F)N=C(N(SF)C(=O)OC(C)(C)C)S1.CC=O. The average molecular weight is 575 g/mol. The van der Waals surface area contributed by atoms with Crippen molar-refractivity contribution in [2.75, 3.05) is 0 Å². The number of halogens is 4. The van der Waals surface area contributed by atoms with Crippen molar-refractivity contribution < 1.29 is 27.0 Å². The topological polar surface area (TPSA) is 84.8 Å². The van der Waals surface area contributed by atoms with Crippen molar-refractivity contribution >= 4 is 65.1 Å². The van der Waals surface area contributed by atoms with E-state index in [0.29, 0.717) is 16.3 Å². The molecule has 0 spiro atoms. The Morgan fingerprint density at radius 2 is 1.97 bits per heavy atom. The molecule has 1 aliphatic rings. The Balaban J connectivity index is 0.00000153. The minimum absolute atomic E-state index is 0.0220. The van der Waals surface area contributed by atoms with Crippen molar-refractivity contribution in [3.8, 4) is 0 Å². The summed E-state index contributed by atoms with van der Waals surface area (Å²) in [6.07, 6.45) is 3.87. The first kappa shape index (κ1) is 30.7. The standard InChI is InChI=1S/C22H22ClF3N4O2S2.C2H4O/c1-12-7-17(29-20(33-12)30(34-26)21(31)32-22(2,3)4)14-8-13(5-6-15(14)24)9-16(25)18-10-28-19(23)11-27-18;1-2-3/h5-6,8-12,17H,7H2,1-4H3;2H,1H3/b16-9-;. The Labute approximate surface area is 227 Å². The smallest absolute Gasteiger partial charge is 0.428 e. The van der Waals surface area contributed by atoms with Gasteiger partial charge in [-0.1, -0.05) is 36.4 Å². The summed E-state index contributed by atoms with van der Waals surface area (Å²) in [7, 11) is 0. The van der Waals surface area contributed by atoms with Crippen LogP contribution in [0.2, 0.25) is 5.15 Å². The highest BCUT2D eigenvalue weighted by Crippen LogP contribution is 2.39. The number of carbonyl (C=O) groups excluding carboxylic acids is 2. The highest BCUT2D eigenvalue weighted by Gasteiger charge is 2.33. The highest BCUT2D eigenvalue weighted by atomic mass is 35.5. The third-order valence-electron chi connectivity index (χ3n) is 4.47. The van der Waals surface area contributed by atoms with Gasteiger partial charge in [-0.3, -0.25) is 4.99 Å². The van der Waals surface area contributed by atoms with Gasteiger partial charge in [-0.15, -0.1) is 3.89 Å². The van der Waals surface area contributed by atoms with Crippen LogP contribution in [0.3, 0.4) is 0 Å². The average Bonchev–Trinajstić information content (AvgIpc) is 2.80. The van der Waals surface area contributed by atoms with Gasteiger partial charge in [-0.2, -0.15) is 4.31 Å². The summed E-state index contributed by atoms with van der Waals surface area (Å²) < 4.78 is 49.0. The molecule has 1 aromatic heterocycles. The Morgan fingerprint density at radius 1 is 1.30 bits per heavy atom. The number of hydrogen-bond acceptors (Lipinski definition) is 8. The molecule has 2 unspecified atom stereocenters. The molecule has 2 atom stereocenters. The molecule has 37 heavy (non-hydrogen) atoms. The van der Waals surface area contributed by atoms with Gasteiger partial charge in [0.25, 0.3) is 0 Å².